The van der Waals surface area contributed by atoms with Crippen molar-refractivity contribution in [2.45, 2.75) is 31.1 Å². The summed E-state index contributed by atoms with van der Waals surface area (Å²) in [6.45, 7) is 5.85. The highest BCUT2D eigenvalue weighted by atomic mass is 32.2. The highest BCUT2D eigenvalue weighted by Crippen LogP contribution is 2.24. The molecule has 0 bridgehead atoms. The molecule has 0 aromatic heterocycles. The van der Waals surface area contributed by atoms with Crippen LogP contribution >= 0.6 is 0 Å². The summed E-state index contributed by atoms with van der Waals surface area (Å²) in [5.74, 6) is -1.15. The Labute approximate surface area is 152 Å². The summed E-state index contributed by atoms with van der Waals surface area (Å²) in [5, 5.41) is 0. The highest BCUT2D eigenvalue weighted by molar-refractivity contribution is 7.89. The normalized spacial score (nSPS) is 11.8. The molecule has 1 amide bonds. The molecule has 0 radical (unpaired) electrons. The number of amides is 1. The summed E-state index contributed by atoms with van der Waals surface area (Å²) in [6.07, 6.45) is 0. The number of carbonyl (C=O) groups is 1. The van der Waals surface area contributed by atoms with E-state index < -0.39 is 33.3 Å². The van der Waals surface area contributed by atoms with Crippen LogP contribution in [0.5, 0.6) is 5.75 Å². The molecule has 0 aliphatic rings. The van der Waals surface area contributed by atoms with Crippen molar-refractivity contribution in [2.24, 2.45) is 0 Å². The van der Waals surface area contributed by atoms with E-state index in [2.05, 4.69) is 20.8 Å². The van der Waals surface area contributed by atoms with Gasteiger partial charge in [0.15, 0.2) is 6.61 Å². The van der Waals surface area contributed by atoms with Gasteiger partial charge in [-0.25, -0.2) is 12.8 Å². The summed E-state index contributed by atoms with van der Waals surface area (Å²) < 4.78 is 42.8. The van der Waals surface area contributed by atoms with Gasteiger partial charge in [0.1, 0.15) is 16.5 Å². The van der Waals surface area contributed by atoms with E-state index in [1.807, 2.05) is 22.4 Å². The molecule has 0 saturated carbocycles. The van der Waals surface area contributed by atoms with Gasteiger partial charge in [-0.1, -0.05) is 45.0 Å². The molecule has 2 aromatic rings. The Morgan fingerprint density at radius 1 is 1.08 bits per heavy atom. The lowest BCUT2D eigenvalue weighted by Gasteiger charge is -2.19. The van der Waals surface area contributed by atoms with Crippen molar-refractivity contribution in [1.82, 2.24) is 10.3 Å². The molecule has 2 rings (SSSR count). The Bertz CT molecular complexity index is 875. The minimum atomic E-state index is -4.20. The predicted molar refractivity (Wildman–Crippen MR) is 95.5 cm³/mol. The van der Waals surface area contributed by atoms with Crippen LogP contribution in [0.25, 0.3) is 0 Å². The van der Waals surface area contributed by atoms with Gasteiger partial charge in [-0.2, -0.15) is 0 Å². The molecule has 0 unspecified atom stereocenters. The van der Waals surface area contributed by atoms with Gasteiger partial charge in [-0.15, -0.1) is 4.83 Å². The second kappa shape index (κ2) is 7.84. The number of hydrogen-bond donors (Lipinski definition) is 2. The number of hydrazine groups is 1. The minimum absolute atomic E-state index is 0.000889. The first kappa shape index (κ1) is 19.9. The van der Waals surface area contributed by atoms with E-state index in [1.54, 1.807) is 12.1 Å². The molecule has 6 nitrogen and oxygen atoms in total. The summed E-state index contributed by atoms with van der Waals surface area (Å²) in [6, 6.07) is 12.1. The lowest BCUT2D eigenvalue weighted by Crippen LogP contribution is -2.43. The summed E-state index contributed by atoms with van der Waals surface area (Å²) >= 11 is 0. The van der Waals surface area contributed by atoms with Crippen molar-refractivity contribution in [3.05, 3.63) is 59.9 Å². The van der Waals surface area contributed by atoms with Gasteiger partial charge < -0.3 is 4.74 Å². The number of sulfonamides is 1. The Morgan fingerprint density at radius 2 is 1.69 bits per heavy atom. The van der Waals surface area contributed by atoms with Gasteiger partial charge in [0, 0.05) is 0 Å². The second-order valence-corrected chi connectivity index (χ2v) is 8.30. The average Bonchev–Trinajstić information content (AvgIpc) is 2.58. The minimum Gasteiger partial charge on any atom is -0.484 e. The van der Waals surface area contributed by atoms with Crippen molar-refractivity contribution in [3.8, 4) is 5.75 Å². The van der Waals surface area contributed by atoms with Gasteiger partial charge in [-0.05, 0) is 35.2 Å². The van der Waals surface area contributed by atoms with Crippen LogP contribution < -0.4 is 15.0 Å². The Kier molecular flexibility index (Phi) is 5.99. The largest absolute Gasteiger partial charge is 0.484 e. The zero-order chi connectivity index (χ0) is 19.4. The molecule has 0 atom stereocenters. The van der Waals surface area contributed by atoms with Crippen molar-refractivity contribution >= 4 is 15.9 Å². The number of ether oxygens (including phenoxy) is 1. The van der Waals surface area contributed by atoms with Crippen LogP contribution in [-0.4, -0.2) is 20.9 Å². The average molecular weight is 380 g/mol. The third-order valence-electron chi connectivity index (χ3n) is 3.54. The fourth-order valence-corrected chi connectivity index (χ4v) is 3.02. The molecule has 0 aliphatic heterocycles. The summed E-state index contributed by atoms with van der Waals surface area (Å²) in [7, 11) is -4.20. The van der Waals surface area contributed by atoms with Crippen LogP contribution in [0.1, 0.15) is 26.3 Å². The molecule has 0 spiro atoms. The number of hydrogen-bond acceptors (Lipinski definition) is 4. The van der Waals surface area contributed by atoms with Crippen molar-refractivity contribution < 1.29 is 22.3 Å². The molecule has 0 saturated heterocycles. The van der Waals surface area contributed by atoms with Crippen LogP contribution in [-0.2, 0) is 20.2 Å². The molecule has 26 heavy (non-hydrogen) atoms. The molecule has 2 N–H and O–H groups in total. The maximum Gasteiger partial charge on any atom is 0.272 e. The van der Waals surface area contributed by atoms with Crippen molar-refractivity contribution in [1.29, 1.82) is 0 Å². The molecule has 0 fully saturated rings. The van der Waals surface area contributed by atoms with E-state index in [-0.39, 0.29) is 5.41 Å². The fourth-order valence-electron chi connectivity index (χ4n) is 2.08. The predicted octanol–water partition coefficient (Wildman–Crippen LogP) is 2.51. The molecule has 8 heteroatoms. The van der Waals surface area contributed by atoms with Crippen LogP contribution in [0.2, 0.25) is 0 Å². The fraction of sp³-hybridized carbons (Fsp3) is 0.278. The molecular formula is C18H21FN2O4S. The van der Waals surface area contributed by atoms with Crippen molar-refractivity contribution in [2.75, 3.05) is 6.61 Å². The Balaban J connectivity index is 1.88. The van der Waals surface area contributed by atoms with E-state index >= 15 is 0 Å². The van der Waals surface area contributed by atoms with Crippen LogP contribution in [0, 0.1) is 5.82 Å². The van der Waals surface area contributed by atoms with E-state index in [0.29, 0.717) is 5.75 Å². The van der Waals surface area contributed by atoms with E-state index in [1.165, 1.54) is 12.1 Å². The molecule has 0 aliphatic carbocycles. The van der Waals surface area contributed by atoms with Gasteiger partial charge in [0.25, 0.3) is 15.9 Å². The number of halogens is 1. The second-order valence-electron chi connectivity index (χ2n) is 6.65. The first-order chi connectivity index (χ1) is 12.1. The number of benzene rings is 2. The summed E-state index contributed by atoms with van der Waals surface area (Å²) in [5.41, 5.74) is 3.10. The standard InChI is InChI=1S/C18H21FN2O4S/c1-18(2,3)13-8-10-14(11-9-13)25-12-17(22)20-21-26(23,24)16-7-5-4-6-15(16)19/h4-11,21H,12H2,1-3H3,(H,20,22). The number of nitrogens with one attached hydrogen (secondary N) is 2. The van der Waals surface area contributed by atoms with Gasteiger partial charge in [-0.3, -0.25) is 10.2 Å². The van der Waals surface area contributed by atoms with E-state index in [0.717, 1.165) is 17.7 Å². The third kappa shape index (κ3) is 5.27. The van der Waals surface area contributed by atoms with Crippen LogP contribution in [0.3, 0.4) is 0 Å². The topological polar surface area (TPSA) is 84.5 Å². The lowest BCUT2D eigenvalue weighted by molar-refractivity contribution is -0.123. The molecular weight excluding hydrogens is 359 g/mol. The molecule has 2 aromatic carbocycles. The van der Waals surface area contributed by atoms with Crippen molar-refractivity contribution in [3.63, 3.8) is 0 Å². The maximum absolute atomic E-state index is 13.5. The Morgan fingerprint density at radius 3 is 2.27 bits per heavy atom. The van der Waals surface area contributed by atoms with E-state index in [4.69, 9.17) is 4.74 Å². The highest BCUT2D eigenvalue weighted by Gasteiger charge is 2.19. The van der Waals surface area contributed by atoms with Crippen LogP contribution in [0.15, 0.2) is 53.4 Å². The quantitative estimate of drug-likeness (QED) is 0.754. The van der Waals surface area contributed by atoms with Gasteiger partial charge >= 0.3 is 0 Å². The van der Waals surface area contributed by atoms with Gasteiger partial charge in [0.05, 0.1) is 0 Å². The Hall–Kier alpha value is -2.45. The van der Waals surface area contributed by atoms with Crippen LogP contribution in [0.4, 0.5) is 4.39 Å². The van der Waals surface area contributed by atoms with Gasteiger partial charge in [0.2, 0.25) is 0 Å². The third-order valence-corrected chi connectivity index (χ3v) is 4.82. The summed E-state index contributed by atoms with van der Waals surface area (Å²) in [4.78, 5) is 13.0. The first-order valence-electron chi connectivity index (χ1n) is 7.88. The van der Waals surface area contributed by atoms with E-state index in [9.17, 15) is 17.6 Å². The number of carbonyl (C=O) groups excluding carboxylic acids is 1. The SMILES string of the molecule is CC(C)(C)c1ccc(OCC(=O)NNS(=O)(=O)c2ccccc2F)cc1. The zero-order valence-corrected chi connectivity index (χ0v) is 15.6. The zero-order valence-electron chi connectivity index (χ0n) is 14.7. The first-order valence-corrected chi connectivity index (χ1v) is 9.36. The lowest BCUT2D eigenvalue weighted by atomic mass is 9.87. The molecule has 0 heterocycles. The maximum atomic E-state index is 13.5. The monoisotopic (exact) mass is 380 g/mol. The molecule has 140 valence electrons. The smallest absolute Gasteiger partial charge is 0.272 e. The number of rotatable bonds is 6.